The summed E-state index contributed by atoms with van der Waals surface area (Å²) in [7, 11) is 0. The van der Waals surface area contributed by atoms with Gasteiger partial charge in [0.25, 0.3) is 0 Å². The molecule has 0 N–H and O–H groups in total. The fourth-order valence-corrected chi connectivity index (χ4v) is 2.00. The van der Waals surface area contributed by atoms with Crippen molar-refractivity contribution in [2.24, 2.45) is 10.2 Å². The first kappa shape index (κ1) is 12.5. The van der Waals surface area contributed by atoms with Crippen molar-refractivity contribution in [2.75, 3.05) is 0 Å². The molecule has 1 atom stereocenters. The van der Waals surface area contributed by atoms with Crippen LogP contribution in [0.1, 0.15) is 33.6 Å². The highest BCUT2D eigenvalue weighted by atomic mass is 35.6. The second-order valence-electron chi connectivity index (χ2n) is 3.84. The van der Waals surface area contributed by atoms with Crippen LogP contribution in [0.2, 0.25) is 0 Å². The number of nitrogens with zero attached hydrogens (tertiary/aromatic N) is 2. The topological polar surface area (TPSA) is 34.0 Å². The molecule has 0 bridgehead atoms. The molecule has 0 aliphatic carbocycles. The third-order valence-electron chi connectivity index (χ3n) is 1.94. The molecule has 1 unspecified atom stereocenters. The molecule has 14 heavy (non-hydrogen) atoms. The molecule has 1 rings (SSSR count). The smallest absolute Gasteiger partial charge is 0.195 e. The third-order valence-corrected chi connectivity index (χ3v) is 2.34. The van der Waals surface area contributed by atoms with Gasteiger partial charge in [-0.1, -0.05) is 41.7 Å². The van der Waals surface area contributed by atoms with E-state index in [1.165, 1.54) is 0 Å². The molecule has 0 saturated heterocycles. The fraction of sp³-hybridized carbons (Fsp3) is 1.00. The van der Waals surface area contributed by atoms with Crippen molar-refractivity contribution in [3.05, 3.63) is 0 Å². The van der Waals surface area contributed by atoms with E-state index < -0.39 is 15.2 Å². The molecule has 6 heteroatoms. The molecule has 3 nitrogen and oxygen atoms in total. The van der Waals surface area contributed by atoms with Gasteiger partial charge in [0.2, 0.25) is 0 Å². The van der Waals surface area contributed by atoms with Crippen LogP contribution in [-0.2, 0) is 4.74 Å². The highest BCUT2D eigenvalue weighted by molar-refractivity contribution is 6.67. The number of rotatable bonds is 2. The van der Waals surface area contributed by atoms with Crippen molar-refractivity contribution in [1.82, 2.24) is 0 Å². The summed E-state index contributed by atoms with van der Waals surface area (Å²) in [6.07, 6.45) is 0.849. The Balaban J connectivity index is 2.77. The molecule has 0 radical (unpaired) electrons. The highest BCUT2D eigenvalue weighted by Crippen LogP contribution is 2.44. The van der Waals surface area contributed by atoms with E-state index in [2.05, 4.69) is 10.2 Å². The monoisotopic (exact) mass is 258 g/mol. The number of ether oxygens (including phenoxy) is 1. The Bertz CT molecular complexity index is 249. The standard InChI is InChI=1S/C8H13Cl3N2O/c1-4-7(5-8(9,10)11)13-12-6(2,3)14-7/h4-5H2,1-3H3. The van der Waals surface area contributed by atoms with Crippen molar-refractivity contribution in [1.29, 1.82) is 0 Å². The second kappa shape index (κ2) is 3.78. The van der Waals surface area contributed by atoms with Crippen molar-refractivity contribution in [3.63, 3.8) is 0 Å². The number of azo groups is 1. The fourth-order valence-electron chi connectivity index (χ4n) is 1.37. The zero-order chi connectivity index (χ0) is 11.0. The molecule has 0 spiro atoms. The van der Waals surface area contributed by atoms with Crippen molar-refractivity contribution in [2.45, 2.75) is 48.9 Å². The molecule has 0 aromatic carbocycles. The van der Waals surface area contributed by atoms with Gasteiger partial charge in [-0.25, -0.2) is 0 Å². The minimum absolute atomic E-state index is 0.216. The zero-order valence-corrected chi connectivity index (χ0v) is 10.6. The Kier molecular flexibility index (Phi) is 3.37. The van der Waals surface area contributed by atoms with Gasteiger partial charge in [0.05, 0.1) is 0 Å². The Labute approximate surface area is 98.8 Å². The lowest BCUT2D eigenvalue weighted by atomic mass is 10.1. The average Bonchev–Trinajstić information content (AvgIpc) is 2.24. The van der Waals surface area contributed by atoms with Gasteiger partial charge in [-0.15, -0.1) is 0 Å². The largest absolute Gasteiger partial charge is 0.323 e. The van der Waals surface area contributed by atoms with Crippen LogP contribution in [0.5, 0.6) is 0 Å². The summed E-state index contributed by atoms with van der Waals surface area (Å²) in [5.74, 6) is 0. The number of halogens is 3. The van der Waals surface area contributed by atoms with E-state index in [0.717, 1.165) is 0 Å². The number of alkyl halides is 3. The average molecular weight is 260 g/mol. The molecule has 1 aliphatic rings. The van der Waals surface area contributed by atoms with Gasteiger partial charge < -0.3 is 4.74 Å². The van der Waals surface area contributed by atoms with Gasteiger partial charge in [-0.05, 0) is 20.3 Å². The highest BCUT2D eigenvalue weighted by Gasteiger charge is 2.46. The summed E-state index contributed by atoms with van der Waals surface area (Å²) in [6.45, 7) is 5.58. The molecular formula is C8H13Cl3N2O. The van der Waals surface area contributed by atoms with E-state index in [9.17, 15) is 0 Å². The van der Waals surface area contributed by atoms with Gasteiger partial charge in [0, 0.05) is 6.42 Å². The molecule has 82 valence electrons. The maximum absolute atomic E-state index is 5.72. The third kappa shape index (κ3) is 3.23. The van der Waals surface area contributed by atoms with Crippen molar-refractivity contribution >= 4 is 34.8 Å². The predicted octanol–water partition coefficient (Wildman–Crippen LogP) is 4.07. The summed E-state index contributed by atoms with van der Waals surface area (Å²) in [6, 6.07) is 0. The summed E-state index contributed by atoms with van der Waals surface area (Å²) in [5.41, 5.74) is -1.40. The summed E-state index contributed by atoms with van der Waals surface area (Å²) < 4.78 is 4.31. The van der Waals surface area contributed by atoms with E-state index in [0.29, 0.717) is 6.42 Å². The molecule has 0 fully saturated rings. The molecule has 1 aliphatic heterocycles. The summed E-state index contributed by atoms with van der Waals surface area (Å²) in [4.78, 5) is 0. The second-order valence-corrected chi connectivity index (χ2v) is 6.36. The van der Waals surface area contributed by atoms with Gasteiger partial charge in [0.1, 0.15) is 0 Å². The molecule has 0 aromatic heterocycles. The molecule has 0 amide bonds. The van der Waals surface area contributed by atoms with Crippen LogP contribution < -0.4 is 0 Å². The molecule has 0 aromatic rings. The Morgan fingerprint density at radius 1 is 1.21 bits per heavy atom. The van der Waals surface area contributed by atoms with E-state index >= 15 is 0 Å². The molecular weight excluding hydrogens is 246 g/mol. The van der Waals surface area contributed by atoms with Crippen LogP contribution in [0.15, 0.2) is 10.2 Å². The minimum Gasteiger partial charge on any atom is -0.323 e. The van der Waals surface area contributed by atoms with Gasteiger partial charge >= 0.3 is 0 Å². The first-order chi connectivity index (χ1) is 6.18. The van der Waals surface area contributed by atoms with Crippen molar-refractivity contribution in [3.8, 4) is 0 Å². The SMILES string of the molecule is CCC1(CC(Cl)(Cl)Cl)N=NC(C)(C)O1. The Morgan fingerprint density at radius 2 is 1.79 bits per heavy atom. The quantitative estimate of drug-likeness (QED) is 0.688. The van der Waals surface area contributed by atoms with Gasteiger partial charge in [-0.2, -0.15) is 10.2 Å². The van der Waals surface area contributed by atoms with E-state index in [1.54, 1.807) is 0 Å². The van der Waals surface area contributed by atoms with E-state index in [-0.39, 0.29) is 6.42 Å². The predicted molar refractivity (Wildman–Crippen MR) is 57.9 cm³/mol. The van der Waals surface area contributed by atoms with Crippen LogP contribution in [0, 0.1) is 0 Å². The Hall–Kier alpha value is 0.430. The van der Waals surface area contributed by atoms with Crippen molar-refractivity contribution < 1.29 is 4.74 Å². The summed E-state index contributed by atoms with van der Waals surface area (Å²) in [5, 5.41) is 8.08. The molecule has 0 saturated carbocycles. The number of hydrogen-bond donors (Lipinski definition) is 0. The lowest BCUT2D eigenvalue weighted by molar-refractivity contribution is -0.102. The maximum Gasteiger partial charge on any atom is 0.195 e. The van der Waals surface area contributed by atoms with E-state index in [1.807, 2.05) is 20.8 Å². The lowest BCUT2D eigenvalue weighted by Crippen LogP contribution is -2.36. The number of hydrogen-bond acceptors (Lipinski definition) is 3. The first-order valence-electron chi connectivity index (χ1n) is 4.39. The van der Waals surface area contributed by atoms with Gasteiger partial charge in [0.15, 0.2) is 15.2 Å². The van der Waals surface area contributed by atoms with Crippen LogP contribution in [0.4, 0.5) is 0 Å². The minimum atomic E-state index is -1.37. The molecule has 1 heterocycles. The van der Waals surface area contributed by atoms with Crippen LogP contribution in [-0.4, -0.2) is 15.2 Å². The Morgan fingerprint density at radius 3 is 2.07 bits per heavy atom. The first-order valence-corrected chi connectivity index (χ1v) is 5.52. The van der Waals surface area contributed by atoms with Gasteiger partial charge in [-0.3, -0.25) is 0 Å². The maximum atomic E-state index is 5.72. The summed E-state index contributed by atoms with van der Waals surface area (Å²) >= 11 is 17.2. The zero-order valence-electron chi connectivity index (χ0n) is 8.35. The normalized spacial score (nSPS) is 31.0. The van der Waals surface area contributed by atoms with Crippen LogP contribution in [0.3, 0.4) is 0 Å². The lowest BCUT2D eigenvalue weighted by Gasteiger charge is -2.29. The van der Waals surface area contributed by atoms with E-state index in [4.69, 9.17) is 39.5 Å². The van der Waals surface area contributed by atoms with Crippen LogP contribution in [0.25, 0.3) is 0 Å². The van der Waals surface area contributed by atoms with Crippen LogP contribution >= 0.6 is 34.8 Å².